The summed E-state index contributed by atoms with van der Waals surface area (Å²) in [4.78, 5) is 26.5. The number of hydrogen-bond acceptors (Lipinski definition) is 7. The molecule has 0 radical (unpaired) electrons. The van der Waals surface area contributed by atoms with Crippen LogP contribution in [0.5, 0.6) is 11.5 Å². The number of rotatable bonds is 28. The lowest BCUT2D eigenvalue weighted by molar-refractivity contribution is -0.162. The minimum Gasteiger partial charge on any atom is -0.507 e. The summed E-state index contributed by atoms with van der Waals surface area (Å²) in [6.07, 6.45) is 21.4. The van der Waals surface area contributed by atoms with E-state index >= 15 is 0 Å². The third-order valence-corrected chi connectivity index (χ3v) is 12.0. The molecule has 0 bridgehead atoms. The normalized spacial score (nSPS) is 13.0. The SMILES string of the molecule is CCCCCCCCCCCCCCCCCCOCC(COC(=O)CCc1cc(C(C)(C)C)c(O)c(C(C)(C)C)c1)OC(=O)CCc1cc(C(C)(C)C)c(O)c(C(C)(C)C)c1. The van der Waals surface area contributed by atoms with Crippen LogP contribution < -0.4 is 0 Å². The van der Waals surface area contributed by atoms with Crippen molar-refractivity contribution >= 4 is 11.9 Å². The molecule has 0 fully saturated rings. The maximum absolute atomic E-state index is 13.4. The second-order valence-electron chi connectivity index (χ2n) is 22.3. The van der Waals surface area contributed by atoms with Crippen molar-refractivity contribution in [2.45, 2.75) is 246 Å². The van der Waals surface area contributed by atoms with E-state index in [0.717, 1.165) is 46.2 Å². The Morgan fingerprint density at radius 3 is 1.15 bits per heavy atom. The lowest BCUT2D eigenvalue weighted by Gasteiger charge is -2.28. The van der Waals surface area contributed by atoms with Crippen molar-refractivity contribution in [3.05, 3.63) is 57.6 Å². The first-order valence-corrected chi connectivity index (χ1v) is 24.6. The van der Waals surface area contributed by atoms with Crippen LogP contribution in [0.3, 0.4) is 0 Å². The fourth-order valence-corrected chi connectivity index (χ4v) is 8.04. The average molecular weight is 865 g/mol. The molecule has 0 aliphatic heterocycles. The summed E-state index contributed by atoms with van der Waals surface area (Å²) < 4.78 is 17.7. The molecule has 1 atom stereocenters. The lowest BCUT2D eigenvalue weighted by Crippen LogP contribution is -2.30. The Bertz CT molecular complexity index is 1540. The minimum absolute atomic E-state index is 0.0822. The van der Waals surface area contributed by atoms with Gasteiger partial charge in [0, 0.05) is 19.4 Å². The Balaban J connectivity index is 1.96. The molecular formula is C55H92O7. The molecule has 0 aliphatic rings. The van der Waals surface area contributed by atoms with E-state index in [2.05, 4.69) is 90.0 Å². The highest BCUT2D eigenvalue weighted by Crippen LogP contribution is 2.41. The van der Waals surface area contributed by atoms with Gasteiger partial charge < -0.3 is 24.4 Å². The number of esters is 2. The quantitative estimate of drug-likeness (QED) is 0.0649. The van der Waals surface area contributed by atoms with Gasteiger partial charge in [-0.25, -0.2) is 0 Å². The monoisotopic (exact) mass is 865 g/mol. The zero-order valence-corrected chi connectivity index (χ0v) is 42.1. The van der Waals surface area contributed by atoms with Gasteiger partial charge in [-0.2, -0.15) is 0 Å². The summed E-state index contributed by atoms with van der Waals surface area (Å²) in [5.41, 5.74) is 4.29. The van der Waals surface area contributed by atoms with Crippen molar-refractivity contribution in [1.29, 1.82) is 0 Å². The summed E-state index contributed by atoms with van der Waals surface area (Å²) in [7, 11) is 0. The first kappa shape index (κ1) is 55.1. The fourth-order valence-electron chi connectivity index (χ4n) is 8.04. The van der Waals surface area contributed by atoms with Crippen molar-refractivity contribution < 1.29 is 34.0 Å². The number of carbonyl (C=O) groups is 2. The van der Waals surface area contributed by atoms with Gasteiger partial charge in [-0.05, 0) is 74.3 Å². The van der Waals surface area contributed by atoms with Crippen LogP contribution in [0, 0.1) is 0 Å². The molecule has 2 aromatic carbocycles. The predicted octanol–water partition coefficient (Wildman–Crippen LogP) is 14.6. The maximum atomic E-state index is 13.4. The molecule has 0 amide bonds. The molecule has 7 nitrogen and oxygen atoms in total. The fraction of sp³-hybridized carbons (Fsp3) is 0.745. The van der Waals surface area contributed by atoms with Gasteiger partial charge in [0.15, 0.2) is 6.10 Å². The third-order valence-electron chi connectivity index (χ3n) is 12.0. The van der Waals surface area contributed by atoms with Gasteiger partial charge in [-0.15, -0.1) is 0 Å². The predicted molar refractivity (Wildman–Crippen MR) is 259 cm³/mol. The molecule has 1 unspecified atom stereocenters. The van der Waals surface area contributed by atoms with Crippen LogP contribution in [-0.2, 0) is 58.3 Å². The largest absolute Gasteiger partial charge is 0.507 e. The number of carbonyl (C=O) groups excluding carboxylic acids is 2. The van der Waals surface area contributed by atoms with Crippen molar-refractivity contribution in [3.8, 4) is 11.5 Å². The van der Waals surface area contributed by atoms with Gasteiger partial charge in [-0.3, -0.25) is 9.59 Å². The molecular weight excluding hydrogens is 773 g/mol. The highest BCUT2D eigenvalue weighted by molar-refractivity contribution is 5.71. The van der Waals surface area contributed by atoms with Gasteiger partial charge in [0.05, 0.1) is 6.61 Å². The van der Waals surface area contributed by atoms with Crippen LogP contribution in [0.15, 0.2) is 24.3 Å². The van der Waals surface area contributed by atoms with E-state index in [4.69, 9.17) is 14.2 Å². The number of aryl methyl sites for hydroxylation is 2. The molecule has 2 aromatic rings. The van der Waals surface area contributed by atoms with Gasteiger partial charge in [-0.1, -0.05) is 211 Å². The highest BCUT2D eigenvalue weighted by atomic mass is 16.6. The standard InChI is InChI=1S/C55H92O7/c1-14-15-16-17-18-19-20-21-22-23-24-25-26-27-28-29-34-60-39-43(62-49(57)33-31-42-37-46(54(8,9)10)51(59)47(38-42)55(11,12)13)40-61-48(56)32-30-41-35-44(52(2,3)4)50(58)45(36-41)53(5,6)7/h35-38,43,58-59H,14-34,39-40H2,1-13H3. The Kier molecular flexibility index (Phi) is 23.7. The van der Waals surface area contributed by atoms with E-state index in [9.17, 15) is 19.8 Å². The first-order chi connectivity index (χ1) is 28.9. The highest BCUT2D eigenvalue weighted by Gasteiger charge is 2.28. The van der Waals surface area contributed by atoms with Gasteiger partial charge in [0.25, 0.3) is 0 Å². The van der Waals surface area contributed by atoms with E-state index in [-0.39, 0.29) is 59.7 Å². The summed E-state index contributed by atoms with van der Waals surface area (Å²) in [6, 6.07) is 8.00. The zero-order chi connectivity index (χ0) is 46.6. The van der Waals surface area contributed by atoms with Crippen molar-refractivity contribution in [3.63, 3.8) is 0 Å². The van der Waals surface area contributed by atoms with Crippen LogP contribution in [0.4, 0.5) is 0 Å². The summed E-state index contributed by atoms with van der Waals surface area (Å²) in [5.74, 6) is -0.127. The molecule has 354 valence electrons. The van der Waals surface area contributed by atoms with Crippen LogP contribution in [0.2, 0.25) is 0 Å². The molecule has 7 heteroatoms. The number of phenols is 2. The van der Waals surface area contributed by atoms with E-state index in [1.807, 2.05) is 24.3 Å². The van der Waals surface area contributed by atoms with E-state index in [1.54, 1.807) is 0 Å². The van der Waals surface area contributed by atoms with Crippen LogP contribution in [0.1, 0.15) is 239 Å². The lowest BCUT2D eigenvalue weighted by atomic mass is 9.78. The van der Waals surface area contributed by atoms with Crippen molar-refractivity contribution in [2.24, 2.45) is 0 Å². The molecule has 0 aliphatic carbocycles. The molecule has 0 aromatic heterocycles. The number of benzene rings is 2. The summed E-state index contributed by atoms with van der Waals surface area (Å²) in [5, 5.41) is 22.3. The Labute approximate surface area is 379 Å². The summed E-state index contributed by atoms with van der Waals surface area (Å²) >= 11 is 0. The molecule has 0 heterocycles. The minimum atomic E-state index is -0.726. The number of unbranched alkanes of at least 4 members (excludes halogenated alkanes) is 15. The van der Waals surface area contributed by atoms with E-state index < -0.39 is 6.10 Å². The third kappa shape index (κ3) is 21.1. The van der Waals surface area contributed by atoms with Crippen LogP contribution in [0.25, 0.3) is 0 Å². The van der Waals surface area contributed by atoms with E-state index in [0.29, 0.717) is 30.9 Å². The van der Waals surface area contributed by atoms with Crippen molar-refractivity contribution in [2.75, 3.05) is 19.8 Å². The Morgan fingerprint density at radius 1 is 0.484 bits per heavy atom. The Hall–Kier alpha value is -3.06. The molecule has 0 saturated carbocycles. The molecule has 2 N–H and O–H groups in total. The first-order valence-electron chi connectivity index (χ1n) is 24.6. The van der Waals surface area contributed by atoms with Crippen LogP contribution in [-0.4, -0.2) is 48.1 Å². The smallest absolute Gasteiger partial charge is 0.306 e. The van der Waals surface area contributed by atoms with Gasteiger partial charge in [0.2, 0.25) is 0 Å². The molecule has 0 saturated heterocycles. The molecule has 0 spiro atoms. The topological polar surface area (TPSA) is 102 Å². The van der Waals surface area contributed by atoms with Gasteiger partial charge >= 0.3 is 11.9 Å². The average Bonchev–Trinajstić information content (AvgIpc) is 3.16. The van der Waals surface area contributed by atoms with Crippen LogP contribution >= 0.6 is 0 Å². The number of aromatic hydroxyl groups is 2. The molecule has 2 rings (SSSR count). The van der Waals surface area contributed by atoms with E-state index in [1.165, 1.54) is 89.9 Å². The Morgan fingerprint density at radius 2 is 0.806 bits per heavy atom. The second-order valence-corrected chi connectivity index (χ2v) is 22.3. The maximum Gasteiger partial charge on any atom is 0.306 e. The van der Waals surface area contributed by atoms with Crippen molar-refractivity contribution in [1.82, 2.24) is 0 Å². The summed E-state index contributed by atoms with van der Waals surface area (Å²) in [6.45, 7) is 27.8. The number of ether oxygens (including phenoxy) is 3. The zero-order valence-electron chi connectivity index (χ0n) is 42.1. The number of hydrogen-bond donors (Lipinski definition) is 2. The number of phenolic OH excluding ortho intramolecular Hbond substituents is 2. The molecule has 62 heavy (non-hydrogen) atoms. The second kappa shape index (κ2) is 26.7. The van der Waals surface area contributed by atoms with Gasteiger partial charge in [0.1, 0.15) is 18.1 Å².